The molecule has 5 heteroatoms. The summed E-state index contributed by atoms with van der Waals surface area (Å²) in [5, 5.41) is 3.93. The minimum absolute atomic E-state index is 0.163. The van der Waals surface area contributed by atoms with Crippen molar-refractivity contribution in [3.63, 3.8) is 0 Å². The van der Waals surface area contributed by atoms with Crippen LogP contribution in [-0.4, -0.2) is 22.5 Å². The Morgan fingerprint density at radius 1 is 1.50 bits per heavy atom. The highest BCUT2D eigenvalue weighted by molar-refractivity contribution is 5.84. The van der Waals surface area contributed by atoms with Crippen LogP contribution in [-0.2, 0) is 16.0 Å². The van der Waals surface area contributed by atoms with Crippen molar-refractivity contribution in [1.82, 2.24) is 10.1 Å². The summed E-state index contributed by atoms with van der Waals surface area (Å²) in [6.07, 6.45) is 2.11. The summed E-state index contributed by atoms with van der Waals surface area (Å²) in [5.74, 6) is 1.67. The first-order valence-electron chi connectivity index (χ1n) is 6.58. The summed E-state index contributed by atoms with van der Waals surface area (Å²) in [7, 11) is 0. The second-order valence-electron chi connectivity index (χ2n) is 5.08. The van der Waals surface area contributed by atoms with Gasteiger partial charge in [-0.05, 0) is 25.7 Å². The fraction of sp³-hybridized carbons (Fsp3) is 0.769. The van der Waals surface area contributed by atoms with E-state index in [-0.39, 0.29) is 30.1 Å². The first kappa shape index (κ1) is 13.2. The molecule has 1 aromatic heterocycles. The van der Waals surface area contributed by atoms with Crippen molar-refractivity contribution in [2.24, 2.45) is 11.8 Å². The zero-order chi connectivity index (χ0) is 13.1. The molecule has 2 rings (SSSR count). The lowest BCUT2D eigenvalue weighted by Gasteiger charge is -2.16. The van der Waals surface area contributed by atoms with Crippen molar-refractivity contribution in [2.45, 2.75) is 46.1 Å². The minimum atomic E-state index is -0.163. The Morgan fingerprint density at radius 2 is 2.22 bits per heavy atom. The average Bonchev–Trinajstić information content (AvgIpc) is 3.08. The molecule has 0 aliphatic heterocycles. The first-order valence-corrected chi connectivity index (χ1v) is 6.58. The molecule has 0 saturated heterocycles. The van der Waals surface area contributed by atoms with E-state index in [0.29, 0.717) is 18.3 Å². The van der Waals surface area contributed by atoms with Gasteiger partial charge in [0.15, 0.2) is 0 Å². The normalized spacial score (nSPS) is 17.1. The molecule has 1 unspecified atom stereocenters. The summed E-state index contributed by atoms with van der Waals surface area (Å²) in [6.45, 7) is 6.64. The molecule has 1 fully saturated rings. The van der Waals surface area contributed by atoms with Gasteiger partial charge in [0.25, 0.3) is 0 Å². The van der Waals surface area contributed by atoms with Gasteiger partial charge in [-0.3, -0.25) is 4.79 Å². The van der Waals surface area contributed by atoms with Gasteiger partial charge in [-0.25, -0.2) is 0 Å². The summed E-state index contributed by atoms with van der Waals surface area (Å²) in [6, 6.07) is 0. The van der Waals surface area contributed by atoms with Gasteiger partial charge >= 0.3 is 0 Å². The van der Waals surface area contributed by atoms with Gasteiger partial charge in [0.1, 0.15) is 11.9 Å². The molecule has 0 bridgehead atoms. The number of Topliss-reactive ketones (excluding diaryl/α,β-unsaturated/α-hetero) is 1. The van der Waals surface area contributed by atoms with Crippen molar-refractivity contribution in [2.75, 3.05) is 6.61 Å². The van der Waals surface area contributed by atoms with Crippen molar-refractivity contribution in [1.29, 1.82) is 0 Å². The van der Waals surface area contributed by atoms with Crippen LogP contribution < -0.4 is 0 Å². The summed E-state index contributed by atoms with van der Waals surface area (Å²) in [5.41, 5.74) is 0. The molecular weight excluding hydrogens is 232 g/mol. The molecule has 1 atom stereocenters. The monoisotopic (exact) mass is 252 g/mol. The smallest absolute Gasteiger partial charge is 0.234 e. The molecule has 5 nitrogen and oxygen atoms in total. The van der Waals surface area contributed by atoms with Gasteiger partial charge in [0, 0.05) is 12.5 Å². The van der Waals surface area contributed by atoms with Crippen LogP contribution in [0.2, 0.25) is 0 Å². The van der Waals surface area contributed by atoms with Crippen molar-refractivity contribution in [3.8, 4) is 0 Å². The average molecular weight is 252 g/mol. The molecule has 0 radical (unpaired) electrons. The number of hydrogen-bond donors (Lipinski definition) is 0. The summed E-state index contributed by atoms with van der Waals surface area (Å²) < 4.78 is 10.7. The lowest BCUT2D eigenvalue weighted by molar-refractivity contribution is -0.119. The zero-order valence-corrected chi connectivity index (χ0v) is 11.2. The maximum atomic E-state index is 11.7. The highest BCUT2D eigenvalue weighted by Crippen LogP contribution is 2.31. The topological polar surface area (TPSA) is 65.2 Å². The van der Waals surface area contributed by atoms with Gasteiger partial charge < -0.3 is 9.26 Å². The molecule has 1 aromatic rings. The van der Waals surface area contributed by atoms with Crippen molar-refractivity contribution in [3.05, 3.63) is 11.7 Å². The van der Waals surface area contributed by atoms with E-state index in [0.717, 1.165) is 12.8 Å². The number of rotatable bonds is 7. The van der Waals surface area contributed by atoms with Crippen LogP contribution in [0.4, 0.5) is 0 Å². The molecule has 1 aliphatic rings. The number of hydrogen-bond acceptors (Lipinski definition) is 5. The van der Waals surface area contributed by atoms with Gasteiger partial charge in [0.2, 0.25) is 11.7 Å². The molecule has 0 aromatic carbocycles. The number of nitrogens with zero attached hydrogens (tertiary/aromatic N) is 2. The fourth-order valence-electron chi connectivity index (χ4n) is 1.90. The van der Waals surface area contributed by atoms with Crippen LogP contribution in [0.3, 0.4) is 0 Å². The second kappa shape index (κ2) is 5.61. The molecule has 0 N–H and O–H groups in total. The number of ether oxygens (including phenoxy) is 1. The lowest BCUT2D eigenvalue weighted by atomic mass is 10.1. The molecular formula is C13H20N2O3. The zero-order valence-electron chi connectivity index (χ0n) is 11.2. The molecule has 1 heterocycles. The fourth-order valence-corrected chi connectivity index (χ4v) is 1.90. The lowest BCUT2D eigenvalue weighted by Crippen LogP contribution is -2.13. The SMILES string of the molecule is CCOC(c1noc(CC(=O)C2CC2)n1)C(C)C. The van der Waals surface area contributed by atoms with Crippen LogP contribution in [0.25, 0.3) is 0 Å². The molecule has 0 spiro atoms. The van der Waals surface area contributed by atoms with Crippen molar-refractivity contribution >= 4 is 5.78 Å². The standard InChI is InChI=1S/C13H20N2O3/c1-4-17-12(8(2)3)13-14-11(18-15-13)7-10(16)9-5-6-9/h8-9,12H,4-7H2,1-3H3. The molecule has 0 amide bonds. The van der Waals surface area contributed by atoms with E-state index in [1.54, 1.807) is 0 Å². The van der Waals surface area contributed by atoms with Crippen molar-refractivity contribution < 1.29 is 14.1 Å². The van der Waals surface area contributed by atoms with E-state index >= 15 is 0 Å². The Balaban J connectivity index is 2.00. The summed E-state index contributed by atoms with van der Waals surface area (Å²) in [4.78, 5) is 15.9. The maximum absolute atomic E-state index is 11.7. The largest absolute Gasteiger partial charge is 0.370 e. The summed E-state index contributed by atoms with van der Waals surface area (Å²) >= 11 is 0. The Bertz CT molecular complexity index is 410. The minimum Gasteiger partial charge on any atom is -0.370 e. The number of aromatic nitrogens is 2. The van der Waals surface area contributed by atoms with E-state index in [4.69, 9.17) is 9.26 Å². The Labute approximate surface area is 107 Å². The third-order valence-electron chi connectivity index (χ3n) is 3.05. The van der Waals surface area contributed by atoms with Crippen LogP contribution in [0.15, 0.2) is 4.52 Å². The first-order chi connectivity index (χ1) is 8.61. The molecule has 1 aliphatic carbocycles. The van der Waals surface area contributed by atoms with Gasteiger partial charge in [-0.1, -0.05) is 19.0 Å². The van der Waals surface area contributed by atoms with Gasteiger partial charge in [0.05, 0.1) is 6.42 Å². The maximum Gasteiger partial charge on any atom is 0.234 e. The third kappa shape index (κ3) is 3.16. The van der Waals surface area contributed by atoms with Gasteiger partial charge in [-0.15, -0.1) is 0 Å². The second-order valence-corrected chi connectivity index (χ2v) is 5.08. The van der Waals surface area contributed by atoms with Gasteiger partial charge in [-0.2, -0.15) is 4.98 Å². The van der Waals surface area contributed by atoms with E-state index in [2.05, 4.69) is 10.1 Å². The number of ketones is 1. The van der Waals surface area contributed by atoms with Crippen LogP contribution in [0.5, 0.6) is 0 Å². The third-order valence-corrected chi connectivity index (χ3v) is 3.05. The molecule has 1 saturated carbocycles. The predicted octanol–water partition coefficient (Wildman–Crippen LogP) is 2.32. The van der Waals surface area contributed by atoms with Crippen LogP contribution >= 0.6 is 0 Å². The Hall–Kier alpha value is -1.23. The Kier molecular flexibility index (Phi) is 4.11. The van der Waals surface area contributed by atoms with E-state index in [9.17, 15) is 4.79 Å². The molecule has 18 heavy (non-hydrogen) atoms. The van der Waals surface area contributed by atoms with E-state index < -0.39 is 0 Å². The predicted molar refractivity (Wildman–Crippen MR) is 64.9 cm³/mol. The van der Waals surface area contributed by atoms with E-state index in [1.165, 1.54) is 0 Å². The van der Waals surface area contributed by atoms with E-state index in [1.807, 2.05) is 20.8 Å². The van der Waals surface area contributed by atoms with Crippen LogP contribution in [0.1, 0.15) is 51.4 Å². The highest BCUT2D eigenvalue weighted by atomic mass is 16.5. The number of carbonyl (C=O) groups excluding carboxylic acids is 1. The number of carbonyl (C=O) groups is 1. The van der Waals surface area contributed by atoms with Crippen LogP contribution in [0, 0.1) is 11.8 Å². The Morgan fingerprint density at radius 3 is 2.78 bits per heavy atom. The quantitative estimate of drug-likeness (QED) is 0.745. The highest BCUT2D eigenvalue weighted by Gasteiger charge is 2.31. The molecule has 100 valence electrons.